The van der Waals surface area contributed by atoms with Crippen LogP contribution in [0, 0.1) is 5.92 Å². The fourth-order valence-electron chi connectivity index (χ4n) is 2.22. The highest BCUT2D eigenvalue weighted by Crippen LogP contribution is 2.22. The van der Waals surface area contributed by atoms with Crippen LogP contribution in [-0.4, -0.2) is 23.8 Å². The number of rotatable bonds is 6. The summed E-state index contributed by atoms with van der Waals surface area (Å²) in [5.74, 6) is -0.0510. The smallest absolute Gasteiger partial charge is 0.222 e. The summed E-state index contributed by atoms with van der Waals surface area (Å²) in [5, 5.41) is 3.43. The normalized spacial score (nSPS) is 18.5. The first-order chi connectivity index (χ1) is 10.6. The van der Waals surface area contributed by atoms with Crippen molar-refractivity contribution in [1.29, 1.82) is 0 Å². The van der Waals surface area contributed by atoms with E-state index in [1.165, 1.54) is 0 Å². The van der Waals surface area contributed by atoms with E-state index >= 15 is 0 Å². The van der Waals surface area contributed by atoms with Gasteiger partial charge in [0.15, 0.2) is 6.29 Å². The van der Waals surface area contributed by atoms with Crippen molar-refractivity contribution in [1.82, 2.24) is 10.3 Å². The molecule has 0 aliphatic carbocycles. The number of pyridine rings is 1. The number of hydrogen-bond acceptors (Lipinski definition) is 4. The molecule has 2 heterocycles. The maximum atomic E-state index is 11.7. The second-order valence-electron chi connectivity index (χ2n) is 5.74. The van der Waals surface area contributed by atoms with Crippen LogP contribution in [0.4, 0.5) is 0 Å². The maximum absolute atomic E-state index is 11.7. The van der Waals surface area contributed by atoms with Crippen LogP contribution < -0.4 is 5.32 Å². The van der Waals surface area contributed by atoms with E-state index in [4.69, 9.17) is 21.1 Å². The summed E-state index contributed by atoms with van der Waals surface area (Å²) in [6.45, 7) is 5.21. The minimum Gasteiger partial charge on any atom is -0.353 e. The van der Waals surface area contributed by atoms with E-state index in [1.807, 2.05) is 13.8 Å². The van der Waals surface area contributed by atoms with Crippen molar-refractivity contribution in [3.8, 4) is 0 Å². The van der Waals surface area contributed by atoms with Crippen LogP contribution in [0.2, 0.25) is 5.02 Å². The zero-order valence-corrected chi connectivity index (χ0v) is 13.9. The van der Waals surface area contributed by atoms with Gasteiger partial charge in [-0.1, -0.05) is 25.4 Å². The lowest BCUT2D eigenvalue weighted by Crippen LogP contribution is -2.28. The van der Waals surface area contributed by atoms with E-state index in [1.54, 1.807) is 12.4 Å². The number of nitrogens with zero attached hydrogens (tertiary/aromatic N) is 1. The summed E-state index contributed by atoms with van der Waals surface area (Å²) < 4.78 is 11.4. The molecular formula is C16H23ClN2O3. The summed E-state index contributed by atoms with van der Waals surface area (Å²) >= 11 is 6.23. The van der Waals surface area contributed by atoms with Gasteiger partial charge in [0.2, 0.25) is 5.91 Å². The molecule has 1 aliphatic heterocycles. The number of ether oxygens (including phenoxy) is 2. The van der Waals surface area contributed by atoms with Gasteiger partial charge >= 0.3 is 0 Å². The molecule has 1 aliphatic rings. The van der Waals surface area contributed by atoms with Crippen LogP contribution in [0.5, 0.6) is 0 Å². The number of hydrogen-bond donors (Lipinski definition) is 1. The quantitative estimate of drug-likeness (QED) is 0.872. The molecule has 2 rings (SSSR count). The molecule has 5 nitrogen and oxygen atoms in total. The molecule has 6 heteroatoms. The largest absolute Gasteiger partial charge is 0.353 e. The van der Waals surface area contributed by atoms with Gasteiger partial charge in [-0.15, -0.1) is 0 Å². The third kappa shape index (κ3) is 4.93. The Morgan fingerprint density at radius 3 is 3.00 bits per heavy atom. The van der Waals surface area contributed by atoms with E-state index in [-0.39, 0.29) is 18.1 Å². The van der Waals surface area contributed by atoms with Gasteiger partial charge in [-0.2, -0.15) is 0 Å². The van der Waals surface area contributed by atoms with Crippen molar-refractivity contribution in [3.05, 3.63) is 28.5 Å². The average Bonchev–Trinajstić information content (AvgIpc) is 2.52. The summed E-state index contributed by atoms with van der Waals surface area (Å²) in [4.78, 5) is 15.8. The first kappa shape index (κ1) is 17.2. The van der Waals surface area contributed by atoms with Gasteiger partial charge in [0.1, 0.15) is 0 Å². The van der Waals surface area contributed by atoms with Crippen molar-refractivity contribution in [2.45, 2.75) is 52.6 Å². The monoisotopic (exact) mass is 326 g/mol. The fourth-order valence-corrected chi connectivity index (χ4v) is 2.45. The molecule has 1 aromatic heterocycles. The highest BCUT2D eigenvalue weighted by molar-refractivity contribution is 6.31. The highest BCUT2D eigenvalue weighted by atomic mass is 35.5. The number of carbonyl (C=O) groups excluding carboxylic acids is 1. The Kier molecular flexibility index (Phi) is 6.61. The Labute approximate surface area is 136 Å². The van der Waals surface area contributed by atoms with Gasteiger partial charge < -0.3 is 14.8 Å². The van der Waals surface area contributed by atoms with E-state index in [2.05, 4.69) is 10.3 Å². The predicted octanol–water partition coefficient (Wildman–Crippen LogP) is 3.05. The van der Waals surface area contributed by atoms with Gasteiger partial charge in [-0.05, 0) is 24.8 Å². The number of nitrogens with one attached hydrogen (secondary N) is 1. The molecule has 0 spiro atoms. The van der Waals surface area contributed by atoms with Crippen LogP contribution in [0.25, 0.3) is 0 Å². The van der Waals surface area contributed by atoms with E-state index < -0.39 is 0 Å². The molecule has 1 unspecified atom stereocenters. The highest BCUT2D eigenvalue weighted by Gasteiger charge is 2.17. The molecule has 1 aromatic rings. The topological polar surface area (TPSA) is 60.5 Å². The SMILES string of the molecule is CC(C)C(=O)NCc1cncc(Cl)c1COC1CCCCO1. The van der Waals surface area contributed by atoms with Crippen molar-refractivity contribution < 1.29 is 14.3 Å². The first-order valence-corrected chi connectivity index (χ1v) is 8.08. The Bertz CT molecular complexity index is 502. The van der Waals surface area contributed by atoms with Gasteiger partial charge in [0.25, 0.3) is 0 Å². The maximum Gasteiger partial charge on any atom is 0.222 e. The van der Waals surface area contributed by atoms with Crippen molar-refractivity contribution in [2.24, 2.45) is 5.92 Å². The summed E-state index contributed by atoms with van der Waals surface area (Å²) in [5.41, 5.74) is 1.73. The Hall–Kier alpha value is -1.17. The van der Waals surface area contributed by atoms with Gasteiger partial charge in [-0.25, -0.2) is 0 Å². The van der Waals surface area contributed by atoms with Crippen molar-refractivity contribution >= 4 is 17.5 Å². The van der Waals surface area contributed by atoms with E-state index in [0.717, 1.165) is 37.0 Å². The molecule has 1 fully saturated rings. The average molecular weight is 327 g/mol. The van der Waals surface area contributed by atoms with Crippen LogP contribution >= 0.6 is 11.6 Å². The molecule has 0 radical (unpaired) electrons. The second-order valence-corrected chi connectivity index (χ2v) is 6.15. The minimum atomic E-state index is -0.170. The van der Waals surface area contributed by atoms with Crippen LogP contribution in [0.1, 0.15) is 44.2 Å². The van der Waals surface area contributed by atoms with Crippen LogP contribution in [-0.2, 0) is 27.4 Å². The molecule has 1 atom stereocenters. The number of halogens is 1. The zero-order valence-electron chi connectivity index (χ0n) is 13.1. The Morgan fingerprint density at radius 1 is 1.50 bits per heavy atom. The van der Waals surface area contributed by atoms with Gasteiger partial charge in [0.05, 0.1) is 11.6 Å². The second kappa shape index (κ2) is 8.46. The van der Waals surface area contributed by atoms with Crippen LogP contribution in [0.3, 0.4) is 0 Å². The first-order valence-electron chi connectivity index (χ1n) is 7.70. The molecular weight excluding hydrogens is 304 g/mol. The lowest BCUT2D eigenvalue weighted by molar-refractivity contribution is -0.169. The predicted molar refractivity (Wildman–Crippen MR) is 84.3 cm³/mol. The minimum absolute atomic E-state index is 0.00228. The molecule has 122 valence electrons. The molecule has 0 bridgehead atoms. The molecule has 1 saturated heterocycles. The Balaban J connectivity index is 1.97. The van der Waals surface area contributed by atoms with Gasteiger partial charge in [0, 0.05) is 37.0 Å². The molecule has 22 heavy (non-hydrogen) atoms. The van der Waals surface area contributed by atoms with E-state index in [0.29, 0.717) is 18.2 Å². The van der Waals surface area contributed by atoms with Crippen molar-refractivity contribution in [2.75, 3.05) is 6.61 Å². The lowest BCUT2D eigenvalue weighted by Gasteiger charge is -2.23. The molecule has 1 N–H and O–H groups in total. The molecule has 0 aromatic carbocycles. The molecule has 0 saturated carbocycles. The zero-order chi connectivity index (χ0) is 15.9. The fraction of sp³-hybridized carbons (Fsp3) is 0.625. The lowest BCUT2D eigenvalue weighted by atomic mass is 10.1. The standard InChI is InChI=1S/C16H23ClN2O3/c1-11(2)16(20)19-8-12-7-18-9-14(17)13(12)10-22-15-5-3-4-6-21-15/h7,9,11,15H,3-6,8,10H2,1-2H3,(H,19,20). The third-order valence-electron chi connectivity index (χ3n) is 3.62. The third-order valence-corrected chi connectivity index (χ3v) is 3.95. The summed E-state index contributed by atoms with van der Waals surface area (Å²) in [6.07, 6.45) is 6.25. The van der Waals surface area contributed by atoms with Crippen molar-refractivity contribution in [3.63, 3.8) is 0 Å². The van der Waals surface area contributed by atoms with E-state index in [9.17, 15) is 4.79 Å². The number of carbonyl (C=O) groups is 1. The molecule has 1 amide bonds. The van der Waals surface area contributed by atoms with Crippen LogP contribution in [0.15, 0.2) is 12.4 Å². The van der Waals surface area contributed by atoms with Gasteiger partial charge in [-0.3, -0.25) is 9.78 Å². The summed E-state index contributed by atoms with van der Waals surface area (Å²) in [7, 11) is 0. The Morgan fingerprint density at radius 2 is 2.32 bits per heavy atom. The number of aromatic nitrogens is 1. The summed E-state index contributed by atoms with van der Waals surface area (Å²) in [6, 6.07) is 0. The number of amides is 1.